The molecule has 0 aliphatic rings. The summed E-state index contributed by atoms with van der Waals surface area (Å²) in [6.07, 6.45) is -1.41. The van der Waals surface area contributed by atoms with E-state index in [0.717, 1.165) is 0 Å². The summed E-state index contributed by atoms with van der Waals surface area (Å²) < 4.78 is 0. The van der Waals surface area contributed by atoms with E-state index in [4.69, 9.17) is 17.2 Å². The number of hydrogen-bond donors (Lipinski definition) is 15. The molecule has 0 aliphatic heterocycles. The minimum Gasteiger partial charge on any atom is -0.480 e. The van der Waals surface area contributed by atoms with Gasteiger partial charge in [0.1, 0.15) is 54.4 Å². The molecule has 0 saturated heterocycles. The monoisotopic (exact) mass is 1060 g/mol. The SMILES string of the molecule is CC(C)C[C@H](NC(=O)[C@H](C)N)C(=O)N[C@H](C(=O)N[C@@H](CCC(N)=O)C(=O)N[C@@H](CO)C(=O)N[C@@H](CS)C(=O)N[C@@H](CC(C)C)C(=O)N[C@@H](CC(N)=O)C(=O)N[C@@H](CC(C)C)C(=O)N[C@H](C(=O)O)C(C)C)C(C)C. The average molecular weight is 1060 g/mol. The van der Waals surface area contributed by atoms with Crippen LogP contribution in [-0.2, 0) is 57.5 Å². The van der Waals surface area contributed by atoms with Crippen LogP contribution in [0.25, 0.3) is 0 Å². The molecule has 0 aromatic heterocycles. The van der Waals surface area contributed by atoms with Crippen molar-refractivity contribution in [2.24, 2.45) is 46.8 Å². The fourth-order valence-electron chi connectivity index (χ4n) is 6.95. The molecule has 0 fully saturated rings. The summed E-state index contributed by atoms with van der Waals surface area (Å²) in [6.45, 7) is 17.3. The lowest BCUT2D eigenvalue weighted by Gasteiger charge is -2.29. The Labute approximate surface area is 432 Å². The van der Waals surface area contributed by atoms with Gasteiger partial charge < -0.3 is 75.3 Å². The maximum absolute atomic E-state index is 13.8. The highest BCUT2D eigenvalue weighted by Crippen LogP contribution is 2.13. The van der Waals surface area contributed by atoms with Gasteiger partial charge in [-0.2, -0.15) is 12.6 Å². The Bertz CT molecular complexity index is 1940. The van der Waals surface area contributed by atoms with Gasteiger partial charge in [-0.05, 0) is 62.2 Å². The molecule has 10 atom stereocenters. The van der Waals surface area contributed by atoms with E-state index >= 15 is 0 Å². The minimum absolute atomic E-state index is 0.0357. The number of aliphatic hydroxyl groups is 1. The smallest absolute Gasteiger partial charge is 0.326 e. The van der Waals surface area contributed by atoms with Gasteiger partial charge in [-0.25, -0.2) is 4.79 Å². The third-order valence-electron chi connectivity index (χ3n) is 10.9. The van der Waals surface area contributed by atoms with Gasteiger partial charge in [0.2, 0.25) is 65.0 Å². The maximum Gasteiger partial charge on any atom is 0.326 e. The molecule has 27 heteroatoms. The molecule has 26 nitrogen and oxygen atoms in total. The van der Waals surface area contributed by atoms with E-state index in [2.05, 4.69) is 60.5 Å². The standard InChI is InChI=1S/C46H82N12O14S/c1-20(2)14-27(39(64)54-30(17-34(49)61)40(65)52-29(16-22(5)6)42(67)58-36(24(9)10)46(71)72)53-44(69)32(19-73)56-43(68)31(18-59)55-38(63)26(12-13-33(48)60)50-45(70)35(23(7)8)57-41(66)28(15-21(3)4)51-37(62)25(11)47/h20-32,35-36,59,73H,12-19,47H2,1-11H3,(H2,48,60)(H2,49,61)(H,50,70)(H,51,62)(H,52,65)(H,53,69)(H,54,64)(H,55,63)(H,56,68)(H,57,66)(H,58,67)(H,71,72)/t25-,26-,27-,28-,29-,30-,31-,32-,35-,36-/m0/s1. The van der Waals surface area contributed by atoms with Crippen LogP contribution in [0.3, 0.4) is 0 Å². The number of rotatable bonds is 34. The normalized spacial score (nSPS) is 15.5. The summed E-state index contributed by atoms with van der Waals surface area (Å²) in [5.74, 6) is -13.5. The number of nitrogens with two attached hydrogens (primary N) is 3. The number of aliphatic hydroxyl groups excluding tert-OH is 1. The van der Waals surface area contributed by atoms with Crippen molar-refractivity contribution in [2.45, 2.75) is 175 Å². The molecule has 0 bridgehead atoms. The van der Waals surface area contributed by atoms with Crippen molar-refractivity contribution < 1.29 is 67.7 Å². The molecule has 0 aromatic carbocycles. The van der Waals surface area contributed by atoms with Crippen molar-refractivity contribution in [2.75, 3.05) is 12.4 Å². The molecule has 17 N–H and O–H groups in total. The molecule has 0 unspecified atom stereocenters. The van der Waals surface area contributed by atoms with Crippen LogP contribution in [0.4, 0.5) is 0 Å². The summed E-state index contributed by atoms with van der Waals surface area (Å²) >= 11 is 4.16. The summed E-state index contributed by atoms with van der Waals surface area (Å²) in [7, 11) is 0. The molecular weight excluding hydrogens is 977 g/mol. The molecular formula is C46H82N12O14S. The zero-order valence-electron chi connectivity index (χ0n) is 43.8. The molecule has 0 aromatic rings. The van der Waals surface area contributed by atoms with Gasteiger partial charge in [0, 0.05) is 12.2 Å². The predicted molar refractivity (Wildman–Crippen MR) is 270 cm³/mol. The summed E-state index contributed by atoms with van der Waals surface area (Å²) in [5, 5.41) is 41.8. The molecule has 0 radical (unpaired) electrons. The number of carbonyl (C=O) groups is 12. The summed E-state index contributed by atoms with van der Waals surface area (Å²) in [6, 6.07) is -13.9. The second-order valence-corrected chi connectivity index (χ2v) is 20.3. The third kappa shape index (κ3) is 25.4. The van der Waals surface area contributed by atoms with Gasteiger partial charge in [-0.3, -0.25) is 52.7 Å². The van der Waals surface area contributed by atoms with Crippen LogP contribution in [-0.4, -0.2) is 154 Å². The molecule has 0 heterocycles. The van der Waals surface area contributed by atoms with E-state index in [1.165, 1.54) is 6.92 Å². The van der Waals surface area contributed by atoms with Crippen LogP contribution in [0.1, 0.15) is 115 Å². The van der Waals surface area contributed by atoms with Gasteiger partial charge in [-0.1, -0.05) is 69.2 Å². The number of aliphatic carboxylic acids is 1. The lowest BCUT2D eigenvalue weighted by molar-refractivity contribution is -0.143. The first-order chi connectivity index (χ1) is 33.8. The highest BCUT2D eigenvalue weighted by atomic mass is 32.1. The Kier molecular flexibility index (Phi) is 30.1. The van der Waals surface area contributed by atoms with Crippen molar-refractivity contribution in [3.8, 4) is 0 Å². The second kappa shape index (κ2) is 32.9. The third-order valence-corrected chi connectivity index (χ3v) is 11.3. The maximum atomic E-state index is 13.8. The number of thiol groups is 1. The Morgan fingerprint density at radius 2 is 0.753 bits per heavy atom. The molecule has 11 amide bonds. The highest BCUT2D eigenvalue weighted by molar-refractivity contribution is 7.80. The van der Waals surface area contributed by atoms with E-state index in [9.17, 15) is 67.7 Å². The number of primary amides is 2. The first-order valence-electron chi connectivity index (χ1n) is 24.3. The zero-order valence-corrected chi connectivity index (χ0v) is 44.7. The van der Waals surface area contributed by atoms with E-state index in [1.54, 1.807) is 55.4 Å². The fraction of sp³-hybridized carbons (Fsp3) is 0.739. The Morgan fingerprint density at radius 1 is 0.425 bits per heavy atom. The number of carboxylic acids is 1. The predicted octanol–water partition coefficient (Wildman–Crippen LogP) is -3.71. The van der Waals surface area contributed by atoms with E-state index in [0.29, 0.717) is 0 Å². The van der Waals surface area contributed by atoms with Gasteiger partial charge in [-0.15, -0.1) is 0 Å². The van der Waals surface area contributed by atoms with Crippen molar-refractivity contribution >= 4 is 83.6 Å². The van der Waals surface area contributed by atoms with Crippen LogP contribution in [0.5, 0.6) is 0 Å². The van der Waals surface area contributed by atoms with Crippen LogP contribution in [0.15, 0.2) is 0 Å². The zero-order chi connectivity index (χ0) is 56.6. The van der Waals surface area contributed by atoms with E-state index < -0.39 is 175 Å². The van der Waals surface area contributed by atoms with Crippen molar-refractivity contribution in [3.05, 3.63) is 0 Å². The van der Waals surface area contributed by atoms with Crippen molar-refractivity contribution in [3.63, 3.8) is 0 Å². The molecule has 0 spiro atoms. The van der Waals surface area contributed by atoms with Crippen molar-refractivity contribution in [1.29, 1.82) is 0 Å². The van der Waals surface area contributed by atoms with Gasteiger partial charge in [0.05, 0.1) is 19.1 Å². The number of amides is 11. The molecule has 0 saturated carbocycles. The van der Waals surface area contributed by atoms with Gasteiger partial charge >= 0.3 is 5.97 Å². The second-order valence-electron chi connectivity index (χ2n) is 19.9. The van der Waals surface area contributed by atoms with E-state index in [1.807, 2.05) is 13.8 Å². The molecule has 0 aliphatic carbocycles. The van der Waals surface area contributed by atoms with Crippen LogP contribution < -0.4 is 65.1 Å². The van der Waals surface area contributed by atoms with Gasteiger partial charge in [0.15, 0.2) is 0 Å². The number of carboxylic acid groups (broad SMARTS) is 1. The molecule has 0 rings (SSSR count). The van der Waals surface area contributed by atoms with Crippen molar-refractivity contribution in [1.82, 2.24) is 47.9 Å². The fourth-order valence-corrected chi connectivity index (χ4v) is 7.20. The Balaban J connectivity index is 6.41. The lowest BCUT2D eigenvalue weighted by Crippen LogP contribution is -2.62. The quantitative estimate of drug-likeness (QED) is 0.0276. The van der Waals surface area contributed by atoms with E-state index in [-0.39, 0.29) is 37.0 Å². The highest BCUT2D eigenvalue weighted by Gasteiger charge is 2.37. The minimum atomic E-state index is -1.79. The Morgan fingerprint density at radius 3 is 1.12 bits per heavy atom. The summed E-state index contributed by atoms with van der Waals surface area (Å²) in [5.41, 5.74) is 16.4. The number of carbonyl (C=O) groups excluding carboxylic acids is 11. The average Bonchev–Trinajstić information content (AvgIpc) is 3.26. The largest absolute Gasteiger partial charge is 0.480 e. The topological polar surface area (TPSA) is 432 Å². The van der Waals surface area contributed by atoms with Gasteiger partial charge in [0.25, 0.3) is 0 Å². The van der Waals surface area contributed by atoms with Crippen LogP contribution in [0, 0.1) is 29.6 Å². The molecule has 73 heavy (non-hydrogen) atoms. The number of hydrogen-bond acceptors (Lipinski definition) is 15. The van der Waals surface area contributed by atoms with Crippen LogP contribution >= 0.6 is 12.6 Å². The summed E-state index contributed by atoms with van der Waals surface area (Å²) in [4.78, 5) is 157. The number of nitrogens with one attached hydrogen (secondary N) is 9. The Hall–Kier alpha value is -6.09. The van der Waals surface area contributed by atoms with Crippen LogP contribution in [0.2, 0.25) is 0 Å². The first kappa shape index (κ1) is 66.9. The first-order valence-corrected chi connectivity index (χ1v) is 24.9. The lowest BCUT2D eigenvalue weighted by atomic mass is 9.99. The molecule has 416 valence electrons.